The number of Topliss-reactive ketones (excluding diaryl/α,β-unsaturated/α-hetero) is 1. The van der Waals surface area contributed by atoms with Gasteiger partial charge >= 0.3 is 0 Å². The highest BCUT2D eigenvalue weighted by Gasteiger charge is 2.08. The molecule has 0 aliphatic carbocycles. The smallest absolute Gasteiger partial charge is 0.163 e. The number of carbonyl (C=O) groups is 1. The minimum Gasteiger partial charge on any atom is -0.330 e. The average Bonchev–Trinajstić information content (AvgIpc) is 2.25. The van der Waals surface area contributed by atoms with Crippen LogP contribution in [0.1, 0.15) is 41.3 Å². The third kappa shape index (κ3) is 3.04. The number of hydrogen-bond acceptors (Lipinski definition) is 2. The van der Waals surface area contributed by atoms with Gasteiger partial charge in [-0.1, -0.05) is 30.4 Å². The van der Waals surface area contributed by atoms with E-state index in [1.165, 1.54) is 0 Å². The van der Waals surface area contributed by atoms with Crippen molar-refractivity contribution >= 4 is 11.4 Å². The molecule has 0 aliphatic rings. The van der Waals surface area contributed by atoms with Gasteiger partial charge in [0.25, 0.3) is 0 Å². The topological polar surface area (TPSA) is 43.1 Å². The minimum absolute atomic E-state index is 0.177. The Morgan fingerprint density at radius 1 is 1.44 bits per heavy atom. The van der Waals surface area contributed by atoms with E-state index < -0.39 is 0 Å². The maximum atomic E-state index is 11.8. The zero-order valence-corrected chi connectivity index (χ0v) is 10.0. The van der Waals surface area contributed by atoms with E-state index in [1.807, 2.05) is 32.0 Å². The summed E-state index contributed by atoms with van der Waals surface area (Å²) in [7, 11) is 0. The van der Waals surface area contributed by atoms with Gasteiger partial charge in [0.1, 0.15) is 0 Å². The highest BCUT2D eigenvalue weighted by molar-refractivity contribution is 5.97. The first kappa shape index (κ1) is 12.7. The third-order valence-corrected chi connectivity index (χ3v) is 2.63. The molecule has 1 aromatic rings. The molecule has 0 aromatic heterocycles. The molecule has 0 fully saturated rings. The van der Waals surface area contributed by atoms with E-state index in [2.05, 4.69) is 6.58 Å². The zero-order valence-electron chi connectivity index (χ0n) is 10.0. The lowest BCUT2D eigenvalue weighted by atomic mass is 9.97. The molecule has 0 spiro atoms. The van der Waals surface area contributed by atoms with Gasteiger partial charge in [0.15, 0.2) is 5.78 Å². The Morgan fingerprint density at radius 2 is 2.12 bits per heavy atom. The summed E-state index contributed by atoms with van der Waals surface area (Å²) < 4.78 is 0. The Hall–Kier alpha value is -1.41. The maximum Gasteiger partial charge on any atom is 0.163 e. The van der Waals surface area contributed by atoms with Gasteiger partial charge < -0.3 is 5.73 Å². The molecule has 0 bridgehead atoms. The normalized spacial score (nSPS) is 10.2. The fourth-order valence-corrected chi connectivity index (χ4v) is 1.64. The molecule has 0 amide bonds. The molecule has 86 valence electrons. The van der Waals surface area contributed by atoms with Crippen LogP contribution in [0.2, 0.25) is 0 Å². The van der Waals surface area contributed by atoms with E-state index in [-0.39, 0.29) is 5.78 Å². The quantitative estimate of drug-likeness (QED) is 0.770. The van der Waals surface area contributed by atoms with Crippen LogP contribution in [-0.4, -0.2) is 12.3 Å². The van der Waals surface area contributed by atoms with Crippen molar-refractivity contribution in [2.24, 2.45) is 5.73 Å². The second kappa shape index (κ2) is 5.61. The maximum absolute atomic E-state index is 11.8. The van der Waals surface area contributed by atoms with Gasteiger partial charge in [-0.15, -0.1) is 0 Å². The lowest BCUT2D eigenvalue weighted by Crippen LogP contribution is -2.06. The molecule has 16 heavy (non-hydrogen) atoms. The van der Waals surface area contributed by atoms with Crippen molar-refractivity contribution in [3.05, 3.63) is 41.5 Å². The van der Waals surface area contributed by atoms with Crippen molar-refractivity contribution in [1.82, 2.24) is 0 Å². The van der Waals surface area contributed by atoms with Crippen LogP contribution in [0.5, 0.6) is 0 Å². The number of carbonyl (C=O) groups excluding carboxylic acids is 1. The number of nitrogens with two attached hydrogens (primary N) is 1. The summed E-state index contributed by atoms with van der Waals surface area (Å²) in [6.07, 6.45) is 1.28. The molecule has 0 radical (unpaired) electrons. The summed E-state index contributed by atoms with van der Waals surface area (Å²) in [5.74, 6) is 0.177. The minimum atomic E-state index is 0.177. The lowest BCUT2D eigenvalue weighted by molar-refractivity contribution is 0.0980. The van der Waals surface area contributed by atoms with E-state index in [0.29, 0.717) is 13.0 Å². The van der Waals surface area contributed by atoms with Crippen LogP contribution in [0.3, 0.4) is 0 Å². The number of benzene rings is 1. The van der Waals surface area contributed by atoms with Crippen LogP contribution in [0, 0.1) is 6.92 Å². The predicted molar refractivity (Wildman–Crippen MR) is 68.5 cm³/mol. The molecule has 2 heteroatoms. The number of rotatable bonds is 5. The number of hydrogen-bond donors (Lipinski definition) is 1. The summed E-state index contributed by atoms with van der Waals surface area (Å²) in [5, 5.41) is 0. The Kier molecular flexibility index (Phi) is 4.44. The molecule has 0 aliphatic heterocycles. The lowest BCUT2D eigenvalue weighted by Gasteiger charge is -2.07. The Bertz CT molecular complexity index is 407. The van der Waals surface area contributed by atoms with Gasteiger partial charge in [0.05, 0.1) is 0 Å². The van der Waals surface area contributed by atoms with Gasteiger partial charge in [-0.2, -0.15) is 0 Å². The first-order valence-corrected chi connectivity index (χ1v) is 5.56. The Morgan fingerprint density at radius 3 is 2.62 bits per heavy atom. The third-order valence-electron chi connectivity index (χ3n) is 2.63. The van der Waals surface area contributed by atoms with Crippen LogP contribution in [0.4, 0.5) is 0 Å². The van der Waals surface area contributed by atoms with Gasteiger partial charge in [0.2, 0.25) is 0 Å². The van der Waals surface area contributed by atoms with Gasteiger partial charge in [-0.3, -0.25) is 4.79 Å². The van der Waals surface area contributed by atoms with Crippen molar-refractivity contribution < 1.29 is 4.79 Å². The van der Waals surface area contributed by atoms with E-state index in [0.717, 1.165) is 28.7 Å². The molecule has 0 heterocycles. The predicted octanol–water partition coefficient (Wildman–Crippen LogP) is 2.95. The van der Waals surface area contributed by atoms with E-state index in [1.54, 1.807) is 0 Å². The van der Waals surface area contributed by atoms with Crippen molar-refractivity contribution in [2.75, 3.05) is 6.54 Å². The van der Waals surface area contributed by atoms with Gasteiger partial charge in [-0.25, -0.2) is 0 Å². The molecule has 2 nitrogen and oxygen atoms in total. The standard InChI is InChI=1S/C14H19NO/c1-10(2)12-6-7-13(11(3)9-12)14(16)5-4-8-15/h6-7,9H,1,4-5,8,15H2,2-3H3. The van der Waals surface area contributed by atoms with Crippen LogP contribution in [0.15, 0.2) is 24.8 Å². The van der Waals surface area contributed by atoms with Crippen LogP contribution < -0.4 is 5.73 Å². The highest BCUT2D eigenvalue weighted by Crippen LogP contribution is 2.18. The van der Waals surface area contributed by atoms with E-state index in [4.69, 9.17) is 5.73 Å². The van der Waals surface area contributed by atoms with Gasteiger partial charge in [-0.05, 0) is 37.9 Å². The van der Waals surface area contributed by atoms with E-state index >= 15 is 0 Å². The molecule has 1 aromatic carbocycles. The molecule has 2 N–H and O–H groups in total. The van der Waals surface area contributed by atoms with Crippen molar-refractivity contribution in [1.29, 1.82) is 0 Å². The number of allylic oxidation sites excluding steroid dienone is 1. The first-order chi connectivity index (χ1) is 7.56. The van der Waals surface area contributed by atoms with Gasteiger partial charge in [0, 0.05) is 12.0 Å². The summed E-state index contributed by atoms with van der Waals surface area (Å²) in [6, 6.07) is 5.85. The highest BCUT2D eigenvalue weighted by atomic mass is 16.1. The first-order valence-electron chi connectivity index (χ1n) is 5.56. The van der Waals surface area contributed by atoms with E-state index in [9.17, 15) is 4.79 Å². The SMILES string of the molecule is C=C(C)c1ccc(C(=O)CCCN)c(C)c1. The van der Waals surface area contributed by atoms with Crippen molar-refractivity contribution in [2.45, 2.75) is 26.7 Å². The molecule has 0 atom stereocenters. The largest absolute Gasteiger partial charge is 0.330 e. The molecule has 1 rings (SSSR count). The molecule has 0 unspecified atom stereocenters. The molecular formula is C14H19NO. The van der Waals surface area contributed by atoms with Crippen molar-refractivity contribution in [3.8, 4) is 0 Å². The molecule has 0 saturated heterocycles. The second-order valence-electron chi connectivity index (χ2n) is 4.13. The fourth-order valence-electron chi connectivity index (χ4n) is 1.64. The van der Waals surface area contributed by atoms with Crippen LogP contribution in [0.25, 0.3) is 5.57 Å². The average molecular weight is 217 g/mol. The summed E-state index contributed by atoms with van der Waals surface area (Å²) >= 11 is 0. The van der Waals surface area contributed by atoms with Crippen LogP contribution >= 0.6 is 0 Å². The second-order valence-corrected chi connectivity index (χ2v) is 4.13. The Labute approximate surface area is 97.2 Å². The summed E-state index contributed by atoms with van der Waals surface area (Å²) in [4.78, 5) is 11.8. The number of aryl methyl sites for hydroxylation is 1. The van der Waals surface area contributed by atoms with Crippen molar-refractivity contribution in [3.63, 3.8) is 0 Å². The number of ketones is 1. The van der Waals surface area contributed by atoms with Crippen LogP contribution in [-0.2, 0) is 0 Å². The monoisotopic (exact) mass is 217 g/mol. The molecule has 0 saturated carbocycles. The fraction of sp³-hybridized carbons (Fsp3) is 0.357. The summed E-state index contributed by atoms with van der Waals surface area (Å²) in [6.45, 7) is 8.38. The Balaban J connectivity index is 2.90. The zero-order chi connectivity index (χ0) is 12.1. The summed E-state index contributed by atoms with van der Waals surface area (Å²) in [5.41, 5.74) is 9.32. The molecular weight excluding hydrogens is 198 g/mol.